The van der Waals surface area contributed by atoms with Gasteiger partial charge in [0.15, 0.2) is 0 Å². The van der Waals surface area contributed by atoms with Crippen molar-refractivity contribution in [3.8, 4) is 0 Å². The van der Waals surface area contributed by atoms with E-state index in [1.807, 2.05) is 0 Å². The highest BCUT2D eigenvalue weighted by Crippen LogP contribution is 2.34. The van der Waals surface area contributed by atoms with E-state index >= 15 is 0 Å². The van der Waals surface area contributed by atoms with Crippen LogP contribution in [0.3, 0.4) is 0 Å². The van der Waals surface area contributed by atoms with Gasteiger partial charge in [0.1, 0.15) is 5.82 Å². The highest BCUT2D eigenvalue weighted by Gasteiger charge is 2.28. The normalized spacial score (nSPS) is 28.3. The third-order valence-corrected chi connectivity index (χ3v) is 4.48. The largest absolute Gasteiger partial charge is 0.393 e. The molecule has 3 atom stereocenters. The van der Waals surface area contributed by atoms with Gasteiger partial charge in [-0.25, -0.2) is 4.39 Å². The minimum absolute atomic E-state index is 0.242. The zero-order chi connectivity index (χ0) is 13.1. The van der Waals surface area contributed by atoms with Gasteiger partial charge in [0.05, 0.1) is 6.10 Å². The summed E-state index contributed by atoms with van der Waals surface area (Å²) in [5.41, 5.74) is 0.943. The summed E-state index contributed by atoms with van der Waals surface area (Å²) >= 11 is 6.05. The van der Waals surface area contributed by atoms with Crippen LogP contribution in [0.15, 0.2) is 18.2 Å². The highest BCUT2D eigenvalue weighted by molar-refractivity contribution is 6.31. The van der Waals surface area contributed by atoms with Crippen LogP contribution in [0.4, 0.5) is 4.39 Å². The fourth-order valence-electron chi connectivity index (χ4n) is 2.91. The summed E-state index contributed by atoms with van der Waals surface area (Å²) in [7, 11) is 0. The summed E-state index contributed by atoms with van der Waals surface area (Å²) in [5, 5.41) is 10.5. The molecule has 1 N–H and O–H groups in total. The Bertz CT molecular complexity index is 407. The van der Waals surface area contributed by atoms with Crippen molar-refractivity contribution in [3.63, 3.8) is 0 Å². The Hall–Kier alpha value is -0.600. The lowest BCUT2D eigenvalue weighted by atomic mass is 9.76. The third kappa shape index (κ3) is 3.24. The fourth-order valence-corrected chi connectivity index (χ4v) is 3.15. The molecule has 0 aliphatic heterocycles. The van der Waals surface area contributed by atoms with Crippen LogP contribution in [0.5, 0.6) is 0 Å². The second kappa shape index (κ2) is 6.03. The van der Waals surface area contributed by atoms with Crippen LogP contribution in [0.25, 0.3) is 0 Å². The van der Waals surface area contributed by atoms with Crippen LogP contribution in [-0.2, 0) is 6.42 Å². The summed E-state index contributed by atoms with van der Waals surface area (Å²) in [4.78, 5) is 0. The predicted molar refractivity (Wildman–Crippen MR) is 72.2 cm³/mol. The lowest BCUT2D eigenvalue weighted by Crippen LogP contribution is -2.30. The lowest BCUT2D eigenvalue weighted by Gasteiger charge is -2.33. The minimum atomic E-state index is -0.306. The van der Waals surface area contributed by atoms with E-state index in [9.17, 15) is 9.50 Å². The Kier molecular flexibility index (Phi) is 4.63. The number of aliphatic hydroxyl groups is 1. The minimum Gasteiger partial charge on any atom is -0.393 e. The Morgan fingerprint density at radius 3 is 2.83 bits per heavy atom. The van der Waals surface area contributed by atoms with E-state index in [0.717, 1.165) is 31.2 Å². The molecule has 0 amide bonds. The van der Waals surface area contributed by atoms with Gasteiger partial charge in [-0.15, -0.1) is 0 Å². The average molecular weight is 271 g/mol. The number of hydrogen-bond donors (Lipinski definition) is 1. The van der Waals surface area contributed by atoms with E-state index in [1.165, 1.54) is 18.6 Å². The molecule has 1 aromatic rings. The molecule has 100 valence electrons. The highest BCUT2D eigenvalue weighted by atomic mass is 35.5. The second-order valence-corrected chi connectivity index (χ2v) is 5.76. The smallest absolute Gasteiger partial charge is 0.124 e. The Balaban J connectivity index is 2.07. The Labute approximate surface area is 113 Å². The molecule has 3 unspecified atom stereocenters. The molecule has 1 aromatic carbocycles. The van der Waals surface area contributed by atoms with Crippen LogP contribution in [0, 0.1) is 17.7 Å². The molecule has 1 saturated carbocycles. The number of benzene rings is 1. The molecule has 0 saturated heterocycles. The first kappa shape index (κ1) is 13.8. The van der Waals surface area contributed by atoms with E-state index in [2.05, 4.69) is 6.92 Å². The summed E-state index contributed by atoms with van der Waals surface area (Å²) in [6, 6.07) is 4.52. The van der Waals surface area contributed by atoms with Gasteiger partial charge in [-0.1, -0.05) is 31.0 Å². The molecular formula is C15H20ClFO. The summed E-state index contributed by atoms with van der Waals surface area (Å²) in [6.45, 7) is 2.20. The lowest BCUT2D eigenvalue weighted by molar-refractivity contribution is 0.0475. The Morgan fingerprint density at radius 2 is 2.17 bits per heavy atom. The number of halogens is 2. The van der Waals surface area contributed by atoms with Crippen molar-refractivity contribution in [2.75, 3.05) is 0 Å². The monoisotopic (exact) mass is 270 g/mol. The molecule has 0 aromatic heterocycles. The maximum atomic E-state index is 13.0. The summed E-state index contributed by atoms with van der Waals surface area (Å²) in [6.07, 6.45) is 4.71. The number of rotatable bonds is 3. The van der Waals surface area contributed by atoms with Gasteiger partial charge in [0, 0.05) is 5.02 Å². The molecule has 1 nitrogen and oxygen atoms in total. The molecule has 18 heavy (non-hydrogen) atoms. The van der Waals surface area contributed by atoms with Crippen LogP contribution in [0.1, 0.15) is 38.2 Å². The zero-order valence-electron chi connectivity index (χ0n) is 10.7. The van der Waals surface area contributed by atoms with E-state index in [1.54, 1.807) is 6.07 Å². The van der Waals surface area contributed by atoms with Gasteiger partial charge < -0.3 is 5.11 Å². The molecular weight excluding hydrogens is 251 g/mol. The van der Waals surface area contributed by atoms with Gasteiger partial charge >= 0.3 is 0 Å². The van der Waals surface area contributed by atoms with E-state index < -0.39 is 0 Å². The first-order chi connectivity index (χ1) is 8.60. The van der Waals surface area contributed by atoms with Gasteiger partial charge in [-0.3, -0.25) is 0 Å². The second-order valence-electron chi connectivity index (χ2n) is 5.35. The Morgan fingerprint density at radius 1 is 1.39 bits per heavy atom. The molecule has 2 rings (SSSR count). The molecule has 0 heterocycles. The zero-order valence-corrected chi connectivity index (χ0v) is 11.5. The number of aliphatic hydroxyl groups excluding tert-OH is 1. The molecule has 1 fully saturated rings. The summed E-state index contributed by atoms with van der Waals surface area (Å²) in [5.74, 6) is 0.656. The quantitative estimate of drug-likeness (QED) is 0.872. The first-order valence-electron chi connectivity index (χ1n) is 6.72. The molecule has 1 aliphatic rings. The van der Waals surface area contributed by atoms with Gasteiger partial charge in [-0.2, -0.15) is 0 Å². The molecule has 0 spiro atoms. The van der Waals surface area contributed by atoms with Crippen molar-refractivity contribution in [3.05, 3.63) is 34.6 Å². The van der Waals surface area contributed by atoms with Crippen LogP contribution >= 0.6 is 11.6 Å². The van der Waals surface area contributed by atoms with Crippen molar-refractivity contribution in [2.24, 2.45) is 11.8 Å². The molecule has 0 radical (unpaired) electrons. The predicted octanol–water partition coefficient (Wildman–Crippen LogP) is 4.21. The van der Waals surface area contributed by atoms with Crippen molar-refractivity contribution in [2.45, 2.75) is 45.1 Å². The van der Waals surface area contributed by atoms with Crippen molar-refractivity contribution in [1.29, 1.82) is 0 Å². The molecule has 3 heteroatoms. The van der Waals surface area contributed by atoms with Gasteiger partial charge in [-0.05, 0) is 55.2 Å². The number of hydrogen-bond acceptors (Lipinski definition) is 1. The van der Waals surface area contributed by atoms with E-state index in [0.29, 0.717) is 10.9 Å². The third-order valence-electron chi connectivity index (χ3n) is 4.13. The molecule has 0 bridgehead atoms. The topological polar surface area (TPSA) is 20.2 Å². The van der Waals surface area contributed by atoms with Crippen molar-refractivity contribution < 1.29 is 9.50 Å². The van der Waals surface area contributed by atoms with Gasteiger partial charge in [0.25, 0.3) is 0 Å². The standard InChI is InChI=1S/C15H20ClFO/c1-2-10-3-6-15(18)12(7-10)8-11-4-5-13(17)9-14(11)16/h4-5,9-10,12,15,18H,2-3,6-8H2,1H3. The maximum absolute atomic E-state index is 13.0. The van der Waals surface area contributed by atoms with E-state index in [4.69, 9.17) is 11.6 Å². The van der Waals surface area contributed by atoms with Gasteiger partial charge in [0.2, 0.25) is 0 Å². The van der Waals surface area contributed by atoms with Crippen molar-refractivity contribution >= 4 is 11.6 Å². The average Bonchev–Trinajstić information content (AvgIpc) is 2.35. The molecule has 1 aliphatic carbocycles. The summed E-state index contributed by atoms with van der Waals surface area (Å²) < 4.78 is 13.0. The SMILES string of the molecule is CCC1CCC(O)C(Cc2ccc(F)cc2Cl)C1. The van der Waals surface area contributed by atoms with Crippen LogP contribution in [0.2, 0.25) is 5.02 Å². The maximum Gasteiger partial charge on any atom is 0.124 e. The van der Waals surface area contributed by atoms with Crippen molar-refractivity contribution in [1.82, 2.24) is 0 Å². The van der Waals surface area contributed by atoms with Crippen LogP contribution in [-0.4, -0.2) is 11.2 Å². The fraction of sp³-hybridized carbons (Fsp3) is 0.600. The first-order valence-corrected chi connectivity index (χ1v) is 7.10. The van der Waals surface area contributed by atoms with Crippen LogP contribution < -0.4 is 0 Å². The van der Waals surface area contributed by atoms with E-state index in [-0.39, 0.29) is 17.8 Å².